The molecule has 1 atom stereocenters. The van der Waals surface area contributed by atoms with E-state index in [-0.39, 0.29) is 22.8 Å². The molecular weight excluding hydrogens is 472 g/mol. The molecule has 33 heavy (non-hydrogen) atoms. The number of likely N-dealkylation sites (tertiary alicyclic amines) is 1. The van der Waals surface area contributed by atoms with E-state index in [1.807, 2.05) is 0 Å². The van der Waals surface area contributed by atoms with Gasteiger partial charge in [-0.1, -0.05) is 25.4 Å². The minimum Gasteiger partial charge on any atom is -0.457 e. The molecule has 0 saturated carbocycles. The minimum atomic E-state index is -4.15. The lowest BCUT2D eigenvalue weighted by Gasteiger charge is -2.25. The standard InChI is InChI=1S/C22H23ClN2O7S/c1-22(2)11-20(27)25(21(22)28)13-19(12-24(29)14-26)33(30,31)18-9-7-17(8-10-18)32-16-5-3-15(23)4-6-16/h3-10,14,19,29H,11-13H2,1-2H3. The van der Waals surface area contributed by atoms with Crippen molar-refractivity contribution in [3.8, 4) is 11.5 Å². The summed E-state index contributed by atoms with van der Waals surface area (Å²) in [7, 11) is -4.15. The summed E-state index contributed by atoms with van der Waals surface area (Å²) in [6.07, 6.45) is 0.00892. The normalized spacial score (nSPS) is 16.5. The second-order valence-corrected chi connectivity index (χ2v) is 11.0. The fraction of sp³-hybridized carbons (Fsp3) is 0.318. The first-order chi connectivity index (χ1) is 15.4. The van der Waals surface area contributed by atoms with Crippen LogP contribution < -0.4 is 4.74 Å². The molecule has 0 aromatic heterocycles. The molecule has 1 fully saturated rings. The van der Waals surface area contributed by atoms with Crippen molar-refractivity contribution < 1.29 is 32.7 Å². The van der Waals surface area contributed by atoms with Gasteiger partial charge in [0.15, 0.2) is 9.84 Å². The SMILES string of the molecule is CC1(C)CC(=O)N(CC(CN(O)C=O)S(=O)(=O)c2ccc(Oc3ccc(Cl)cc3)cc2)C1=O. The summed E-state index contributed by atoms with van der Waals surface area (Å²) in [4.78, 5) is 36.6. The van der Waals surface area contributed by atoms with Gasteiger partial charge in [-0.3, -0.25) is 24.5 Å². The first-order valence-corrected chi connectivity index (χ1v) is 11.9. The van der Waals surface area contributed by atoms with Gasteiger partial charge < -0.3 is 4.74 Å². The van der Waals surface area contributed by atoms with Crippen LogP contribution in [0.25, 0.3) is 0 Å². The maximum atomic E-state index is 13.3. The molecule has 1 N–H and O–H groups in total. The van der Waals surface area contributed by atoms with Crippen LogP contribution in [0, 0.1) is 5.41 Å². The summed E-state index contributed by atoms with van der Waals surface area (Å²) in [5.74, 6) is -0.137. The van der Waals surface area contributed by atoms with Crippen LogP contribution in [0.5, 0.6) is 11.5 Å². The quantitative estimate of drug-likeness (QED) is 0.246. The highest BCUT2D eigenvalue weighted by Crippen LogP contribution is 2.33. The van der Waals surface area contributed by atoms with Gasteiger partial charge >= 0.3 is 0 Å². The molecule has 0 aliphatic carbocycles. The first-order valence-electron chi connectivity index (χ1n) is 9.97. The van der Waals surface area contributed by atoms with Crippen LogP contribution in [-0.2, 0) is 24.2 Å². The zero-order chi connectivity index (χ0) is 24.4. The molecule has 0 bridgehead atoms. The van der Waals surface area contributed by atoms with Crippen molar-refractivity contribution in [2.75, 3.05) is 13.1 Å². The summed E-state index contributed by atoms with van der Waals surface area (Å²) in [6, 6.07) is 12.1. The molecule has 1 aliphatic rings. The molecule has 9 nitrogen and oxygen atoms in total. The lowest BCUT2D eigenvalue weighted by atomic mass is 9.92. The molecular formula is C22H23ClN2O7S. The highest BCUT2D eigenvalue weighted by Gasteiger charge is 2.46. The molecule has 1 heterocycles. The van der Waals surface area contributed by atoms with Gasteiger partial charge in [0.05, 0.1) is 16.9 Å². The summed E-state index contributed by atoms with van der Waals surface area (Å²) >= 11 is 5.85. The topological polar surface area (TPSA) is 121 Å². The third-order valence-corrected chi connectivity index (χ3v) is 7.61. The Morgan fingerprint density at radius 2 is 1.67 bits per heavy atom. The Hall–Kier alpha value is -2.95. The average molecular weight is 495 g/mol. The van der Waals surface area contributed by atoms with Crippen LogP contribution in [0.1, 0.15) is 20.3 Å². The average Bonchev–Trinajstić information content (AvgIpc) is 2.96. The van der Waals surface area contributed by atoms with Crippen LogP contribution in [-0.4, -0.2) is 60.2 Å². The number of carbonyl (C=O) groups is 3. The fourth-order valence-corrected chi connectivity index (χ4v) is 5.17. The second kappa shape index (κ2) is 9.50. The van der Waals surface area contributed by atoms with Crippen molar-refractivity contribution in [3.63, 3.8) is 0 Å². The van der Waals surface area contributed by atoms with E-state index in [1.165, 1.54) is 24.3 Å². The van der Waals surface area contributed by atoms with Gasteiger partial charge in [-0.05, 0) is 48.5 Å². The van der Waals surface area contributed by atoms with Crippen molar-refractivity contribution in [3.05, 3.63) is 53.6 Å². The number of halogens is 1. The van der Waals surface area contributed by atoms with E-state index in [1.54, 1.807) is 38.1 Å². The first kappa shape index (κ1) is 24.7. The predicted octanol–water partition coefficient (Wildman–Crippen LogP) is 2.91. The Balaban J connectivity index is 1.84. The van der Waals surface area contributed by atoms with Crippen molar-refractivity contribution in [1.29, 1.82) is 0 Å². The van der Waals surface area contributed by atoms with Crippen LogP contribution in [0.15, 0.2) is 53.4 Å². The van der Waals surface area contributed by atoms with E-state index >= 15 is 0 Å². The monoisotopic (exact) mass is 494 g/mol. The number of nitrogens with zero attached hydrogens (tertiary/aromatic N) is 2. The second-order valence-electron chi connectivity index (χ2n) is 8.29. The Morgan fingerprint density at radius 1 is 1.12 bits per heavy atom. The number of carbonyl (C=O) groups excluding carboxylic acids is 3. The third kappa shape index (κ3) is 5.52. The number of benzene rings is 2. The number of sulfone groups is 1. The lowest BCUT2D eigenvalue weighted by molar-refractivity contribution is -0.150. The zero-order valence-corrected chi connectivity index (χ0v) is 19.5. The molecule has 1 aliphatic heterocycles. The van der Waals surface area contributed by atoms with E-state index < -0.39 is 45.4 Å². The van der Waals surface area contributed by atoms with Gasteiger partial charge in [0.1, 0.15) is 16.7 Å². The van der Waals surface area contributed by atoms with E-state index in [4.69, 9.17) is 16.3 Å². The highest BCUT2D eigenvalue weighted by molar-refractivity contribution is 7.92. The van der Waals surface area contributed by atoms with Crippen LogP contribution in [0.3, 0.4) is 0 Å². The molecule has 2 aromatic carbocycles. The van der Waals surface area contributed by atoms with E-state index in [9.17, 15) is 28.0 Å². The Bertz CT molecular complexity index is 1150. The van der Waals surface area contributed by atoms with E-state index in [0.717, 1.165) is 4.90 Å². The highest BCUT2D eigenvalue weighted by atomic mass is 35.5. The Labute approximate surface area is 196 Å². The van der Waals surface area contributed by atoms with Gasteiger partial charge in [0.25, 0.3) is 0 Å². The van der Waals surface area contributed by atoms with Gasteiger partial charge in [-0.25, -0.2) is 13.5 Å². The maximum Gasteiger partial charge on any atom is 0.235 e. The van der Waals surface area contributed by atoms with E-state index in [2.05, 4.69) is 0 Å². The smallest absolute Gasteiger partial charge is 0.235 e. The number of imide groups is 1. The third-order valence-electron chi connectivity index (χ3n) is 5.26. The van der Waals surface area contributed by atoms with Crippen LogP contribution in [0.4, 0.5) is 0 Å². The number of hydrogen-bond acceptors (Lipinski definition) is 7. The van der Waals surface area contributed by atoms with Gasteiger partial charge in [-0.2, -0.15) is 0 Å². The van der Waals surface area contributed by atoms with Crippen molar-refractivity contribution in [2.45, 2.75) is 30.4 Å². The molecule has 1 unspecified atom stereocenters. The lowest BCUT2D eigenvalue weighted by Crippen LogP contribution is -2.46. The van der Waals surface area contributed by atoms with Gasteiger partial charge in [-0.15, -0.1) is 0 Å². The molecule has 176 valence electrons. The number of amides is 3. The van der Waals surface area contributed by atoms with Crippen molar-refractivity contribution in [2.24, 2.45) is 5.41 Å². The van der Waals surface area contributed by atoms with E-state index in [0.29, 0.717) is 16.5 Å². The summed E-state index contributed by atoms with van der Waals surface area (Å²) < 4.78 is 32.2. The predicted molar refractivity (Wildman–Crippen MR) is 119 cm³/mol. The molecule has 11 heteroatoms. The Kier molecular flexibility index (Phi) is 7.11. The number of rotatable bonds is 9. The fourth-order valence-electron chi connectivity index (χ4n) is 3.45. The van der Waals surface area contributed by atoms with Gasteiger partial charge in [0, 0.05) is 18.0 Å². The number of ether oxygens (including phenoxy) is 1. The molecule has 3 amide bonds. The minimum absolute atomic E-state index is 0.0497. The van der Waals surface area contributed by atoms with Crippen LogP contribution in [0.2, 0.25) is 5.02 Å². The molecule has 2 aromatic rings. The molecule has 3 rings (SSSR count). The number of hydroxylamine groups is 2. The molecule has 0 radical (unpaired) electrons. The van der Waals surface area contributed by atoms with Gasteiger partial charge in [0.2, 0.25) is 18.2 Å². The molecule has 1 saturated heterocycles. The zero-order valence-electron chi connectivity index (χ0n) is 18.0. The summed E-state index contributed by atoms with van der Waals surface area (Å²) in [5, 5.41) is 8.94. The largest absolute Gasteiger partial charge is 0.457 e. The van der Waals surface area contributed by atoms with Crippen molar-refractivity contribution in [1.82, 2.24) is 9.96 Å². The van der Waals surface area contributed by atoms with Crippen molar-refractivity contribution >= 4 is 39.7 Å². The summed E-state index contributed by atoms with van der Waals surface area (Å²) in [6.45, 7) is 2.09. The molecule has 0 spiro atoms. The Morgan fingerprint density at radius 3 is 2.15 bits per heavy atom. The number of hydrogen-bond donors (Lipinski definition) is 1. The summed E-state index contributed by atoms with van der Waals surface area (Å²) in [5.41, 5.74) is -0.949. The maximum absolute atomic E-state index is 13.3. The van der Waals surface area contributed by atoms with Crippen LogP contribution >= 0.6 is 11.6 Å².